The topological polar surface area (TPSA) is 99.7 Å². The van der Waals surface area contributed by atoms with Crippen molar-refractivity contribution in [3.63, 3.8) is 0 Å². The lowest BCUT2D eigenvalue weighted by Crippen LogP contribution is -2.17. The van der Waals surface area contributed by atoms with E-state index in [-0.39, 0.29) is 36.5 Å². The second kappa shape index (κ2) is 5.53. The van der Waals surface area contributed by atoms with Gasteiger partial charge in [0.2, 0.25) is 0 Å². The van der Waals surface area contributed by atoms with Crippen molar-refractivity contribution in [3.8, 4) is 0 Å². The van der Waals surface area contributed by atoms with Gasteiger partial charge in [0.15, 0.2) is 0 Å². The van der Waals surface area contributed by atoms with Crippen LogP contribution in [0.1, 0.15) is 11.1 Å². The van der Waals surface area contributed by atoms with Gasteiger partial charge in [-0.2, -0.15) is 0 Å². The Hall–Kier alpha value is -2.04. The third-order valence-corrected chi connectivity index (χ3v) is 3.25. The molecule has 0 saturated heterocycles. The van der Waals surface area contributed by atoms with Crippen molar-refractivity contribution >= 4 is 36.5 Å². The molecule has 6 N–H and O–H groups in total. The third kappa shape index (κ3) is 2.03. The second-order valence-corrected chi connectivity index (χ2v) is 4.28. The maximum absolute atomic E-state index is 7.62. The van der Waals surface area contributed by atoms with E-state index in [1.165, 1.54) is 0 Å². The van der Waals surface area contributed by atoms with Gasteiger partial charge >= 0.3 is 0 Å². The van der Waals surface area contributed by atoms with E-state index in [1.54, 1.807) is 0 Å². The second-order valence-electron chi connectivity index (χ2n) is 4.28. The van der Waals surface area contributed by atoms with Gasteiger partial charge < -0.3 is 11.5 Å². The minimum atomic E-state index is 0. The zero-order valence-corrected chi connectivity index (χ0v) is 12.1. The lowest BCUT2D eigenvalue weighted by Gasteiger charge is -2.12. The van der Waals surface area contributed by atoms with Crippen LogP contribution in [0.5, 0.6) is 0 Å². The summed E-state index contributed by atoms with van der Waals surface area (Å²) in [5, 5.41) is 19.2. The third-order valence-electron chi connectivity index (χ3n) is 3.25. The summed E-state index contributed by atoms with van der Waals surface area (Å²) in [7, 11) is 0. The quantitative estimate of drug-likeness (QED) is 0.430. The van der Waals surface area contributed by atoms with Crippen LogP contribution in [-0.4, -0.2) is 11.7 Å². The van der Waals surface area contributed by atoms with E-state index in [1.807, 2.05) is 36.4 Å². The average Bonchev–Trinajstić information content (AvgIpc) is 2.33. The standard InChI is InChI=1S/C14H12N4.2ClH/c15-13(16)9-5-1-3-7-8-4-2-6-10(14(17)18)12(8)11(7)9;;/h1-6H,(H3,15,16)(H3,17,18);2*1H. The van der Waals surface area contributed by atoms with Crippen molar-refractivity contribution in [1.82, 2.24) is 0 Å². The van der Waals surface area contributed by atoms with E-state index in [0.717, 1.165) is 20.9 Å². The van der Waals surface area contributed by atoms with Gasteiger partial charge in [-0.3, -0.25) is 10.8 Å². The molecule has 0 unspecified atom stereocenters. The molecule has 0 heterocycles. The fourth-order valence-corrected chi connectivity index (χ4v) is 2.48. The molecule has 0 aliphatic heterocycles. The number of fused-ring (bicyclic) bond motifs is 2. The highest BCUT2D eigenvalue weighted by Crippen LogP contribution is 2.19. The van der Waals surface area contributed by atoms with Crippen LogP contribution in [0.25, 0.3) is 0 Å². The smallest absolute Gasteiger partial charge is 0.123 e. The number of halogens is 2. The van der Waals surface area contributed by atoms with Gasteiger partial charge in [0.05, 0.1) is 0 Å². The lowest BCUT2D eigenvalue weighted by molar-refractivity contribution is 1.24. The van der Waals surface area contributed by atoms with Gasteiger partial charge in [0.25, 0.3) is 0 Å². The lowest BCUT2D eigenvalue weighted by atomic mass is 9.93. The molecule has 20 heavy (non-hydrogen) atoms. The number of rotatable bonds is 2. The van der Waals surface area contributed by atoms with Crippen LogP contribution in [0.2, 0.25) is 0 Å². The van der Waals surface area contributed by atoms with E-state index < -0.39 is 0 Å². The Morgan fingerprint density at radius 1 is 0.700 bits per heavy atom. The van der Waals surface area contributed by atoms with E-state index in [2.05, 4.69) is 0 Å². The summed E-state index contributed by atoms with van der Waals surface area (Å²) in [6.45, 7) is 0. The summed E-state index contributed by atoms with van der Waals surface area (Å²) in [4.78, 5) is 0. The molecule has 2 aromatic carbocycles. The van der Waals surface area contributed by atoms with Gasteiger partial charge in [-0.05, 0) is 10.4 Å². The molecular formula is C14H14Cl2N4. The number of nitrogens with one attached hydrogen (secondary N) is 2. The van der Waals surface area contributed by atoms with Crippen LogP contribution in [0.15, 0.2) is 36.4 Å². The minimum Gasteiger partial charge on any atom is -0.384 e. The Kier molecular flexibility index (Phi) is 4.43. The normalized spacial score (nSPS) is 10.0. The molecule has 0 saturated carbocycles. The number of hydrogen-bond acceptors (Lipinski definition) is 2. The number of nitrogens with two attached hydrogens (primary N) is 2. The highest BCUT2D eigenvalue weighted by Gasteiger charge is 2.12. The highest BCUT2D eigenvalue weighted by atomic mass is 35.5. The van der Waals surface area contributed by atoms with Crippen LogP contribution in [0.3, 0.4) is 0 Å². The van der Waals surface area contributed by atoms with Gasteiger partial charge in [0, 0.05) is 21.6 Å². The van der Waals surface area contributed by atoms with E-state index in [9.17, 15) is 0 Å². The number of nitrogen functional groups attached to an aromatic ring is 2. The molecule has 1 aliphatic rings. The number of hydrogen-bond donors (Lipinski definition) is 4. The van der Waals surface area contributed by atoms with Crippen molar-refractivity contribution in [2.24, 2.45) is 11.5 Å². The van der Waals surface area contributed by atoms with Crippen LogP contribution in [-0.2, 0) is 0 Å². The van der Waals surface area contributed by atoms with Gasteiger partial charge in [-0.25, -0.2) is 0 Å². The van der Waals surface area contributed by atoms with Crippen molar-refractivity contribution < 1.29 is 0 Å². The fraction of sp³-hybridized carbons (Fsp3) is 0. The van der Waals surface area contributed by atoms with Gasteiger partial charge in [-0.15, -0.1) is 24.8 Å². The first-order chi connectivity index (χ1) is 8.61. The summed E-state index contributed by atoms with van der Waals surface area (Å²) >= 11 is 0. The van der Waals surface area contributed by atoms with Crippen LogP contribution in [0, 0.1) is 31.7 Å². The maximum Gasteiger partial charge on any atom is 0.123 e. The molecular weight excluding hydrogens is 295 g/mol. The Morgan fingerprint density at radius 2 is 1.05 bits per heavy atom. The Labute approximate surface area is 127 Å². The molecule has 0 radical (unpaired) electrons. The van der Waals surface area contributed by atoms with E-state index in [0.29, 0.717) is 11.1 Å². The molecule has 0 bridgehead atoms. The predicted octanol–water partition coefficient (Wildman–Crippen LogP) is 1.99. The summed E-state index contributed by atoms with van der Waals surface area (Å²) in [6.07, 6.45) is 0. The van der Waals surface area contributed by atoms with Gasteiger partial charge in [-0.1, -0.05) is 36.4 Å². The summed E-state index contributed by atoms with van der Waals surface area (Å²) in [5.74, 6) is 0.0757. The molecule has 0 spiro atoms. The molecule has 0 amide bonds. The van der Waals surface area contributed by atoms with Crippen LogP contribution >= 0.6 is 24.8 Å². The zero-order chi connectivity index (χ0) is 12.9. The molecule has 4 nitrogen and oxygen atoms in total. The van der Waals surface area contributed by atoms with Crippen molar-refractivity contribution in [2.45, 2.75) is 0 Å². The van der Waals surface area contributed by atoms with E-state index in [4.69, 9.17) is 22.3 Å². The fourth-order valence-electron chi connectivity index (χ4n) is 2.48. The van der Waals surface area contributed by atoms with Gasteiger partial charge in [0.1, 0.15) is 11.7 Å². The summed E-state index contributed by atoms with van der Waals surface area (Å²) in [5.41, 5.74) is 12.6. The minimum absolute atomic E-state index is 0. The largest absolute Gasteiger partial charge is 0.384 e. The summed E-state index contributed by atoms with van der Waals surface area (Å²) in [6, 6.07) is 11.4. The monoisotopic (exact) mass is 308 g/mol. The Morgan fingerprint density at radius 3 is 1.35 bits per heavy atom. The maximum atomic E-state index is 7.62. The molecule has 2 aromatic rings. The summed E-state index contributed by atoms with van der Waals surface area (Å²) < 4.78 is 0. The van der Waals surface area contributed by atoms with Crippen LogP contribution in [0.4, 0.5) is 0 Å². The first-order valence-electron chi connectivity index (χ1n) is 5.57. The number of amidine groups is 2. The molecule has 6 heteroatoms. The first kappa shape index (κ1) is 16.0. The Bertz CT molecular complexity index is 817. The molecule has 1 aliphatic carbocycles. The SMILES string of the molecule is Cl.Cl.N=C(N)c1cccc2c1=c1c(C(=N)N)cccc1=2. The Balaban J connectivity index is 0.000001000. The first-order valence-corrected chi connectivity index (χ1v) is 5.57. The predicted molar refractivity (Wildman–Crippen MR) is 84.8 cm³/mol. The molecule has 104 valence electrons. The van der Waals surface area contributed by atoms with Crippen LogP contribution < -0.4 is 11.5 Å². The van der Waals surface area contributed by atoms with E-state index >= 15 is 0 Å². The highest BCUT2D eigenvalue weighted by molar-refractivity contribution is 5.97. The molecule has 0 atom stereocenters. The zero-order valence-electron chi connectivity index (χ0n) is 10.4. The van der Waals surface area contributed by atoms with Crippen molar-refractivity contribution in [2.75, 3.05) is 0 Å². The average molecular weight is 309 g/mol. The molecule has 0 aromatic heterocycles. The molecule has 0 fully saturated rings. The number of benzene rings is 2. The van der Waals surface area contributed by atoms with Crippen molar-refractivity contribution in [1.29, 1.82) is 10.8 Å². The molecule has 3 rings (SSSR count). The van der Waals surface area contributed by atoms with Crippen molar-refractivity contribution in [3.05, 3.63) is 68.4 Å².